The van der Waals surface area contributed by atoms with Gasteiger partial charge in [-0.3, -0.25) is 15.0 Å². The van der Waals surface area contributed by atoms with E-state index in [1.807, 2.05) is 0 Å². The fraction of sp³-hybridized carbons (Fsp3) is 0. The van der Waals surface area contributed by atoms with Crippen molar-refractivity contribution in [3.8, 4) is 17.0 Å². The molecule has 3 aromatic rings. The molecule has 1 heterocycles. The van der Waals surface area contributed by atoms with Gasteiger partial charge in [-0.15, -0.1) is 5.11 Å². The van der Waals surface area contributed by atoms with Crippen molar-refractivity contribution in [3.63, 3.8) is 0 Å². The summed E-state index contributed by atoms with van der Waals surface area (Å²) < 4.78 is 12.8. The van der Waals surface area contributed by atoms with Gasteiger partial charge in [-0.2, -0.15) is 5.11 Å². The molecular weight excluding hydrogens is 287 g/mol. The minimum absolute atomic E-state index is 0.0102. The van der Waals surface area contributed by atoms with Crippen molar-refractivity contribution in [1.82, 2.24) is 10.2 Å². The van der Waals surface area contributed by atoms with Crippen molar-refractivity contribution in [3.05, 3.63) is 64.7 Å². The number of hydrogen-bond acceptors (Lipinski definition) is 4. The number of H-pyrrole nitrogens is 2. The summed E-state index contributed by atoms with van der Waals surface area (Å²) in [4.78, 5) is 11.8. The van der Waals surface area contributed by atoms with Crippen LogP contribution in [0.15, 0.2) is 63.6 Å². The first-order valence-electron chi connectivity index (χ1n) is 6.41. The van der Waals surface area contributed by atoms with Crippen LogP contribution in [0.3, 0.4) is 0 Å². The smallest absolute Gasteiger partial charge is 0.292 e. The molecule has 7 heteroatoms. The molecule has 3 rings (SSSR count). The van der Waals surface area contributed by atoms with Crippen LogP contribution in [0, 0.1) is 5.82 Å². The lowest BCUT2D eigenvalue weighted by atomic mass is 10.1. The second-order valence-electron chi connectivity index (χ2n) is 4.50. The summed E-state index contributed by atoms with van der Waals surface area (Å²) in [5, 5.41) is 22.7. The first-order chi connectivity index (χ1) is 10.6. The van der Waals surface area contributed by atoms with Gasteiger partial charge in [0.15, 0.2) is 5.69 Å². The third-order valence-corrected chi connectivity index (χ3v) is 3.02. The Labute approximate surface area is 124 Å². The highest BCUT2D eigenvalue weighted by Crippen LogP contribution is 2.32. The SMILES string of the molecule is O=c1[nH][nH]c(-c2ccccc2O)c1N=Nc1ccc(F)cc1. The van der Waals surface area contributed by atoms with Crippen molar-refractivity contribution in [2.24, 2.45) is 10.2 Å². The van der Waals surface area contributed by atoms with E-state index in [-0.39, 0.29) is 17.3 Å². The van der Waals surface area contributed by atoms with Crippen molar-refractivity contribution in [2.75, 3.05) is 0 Å². The second-order valence-corrected chi connectivity index (χ2v) is 4.50. The highest BCUT2D eigenvalue weighted by molar-refractivity contribution is 5.75. The fourth-order valence-electron chi connectivity index (χ4n) is 1.94. The summed E-state index contributed by atoms with van der Waals surface area (Å²) in [6, 6.07) is 11.9. The number of benzene rings is 2. The van der Waals surface area contributed by atoms with Crippen LogP contribution in [-0.2, 0) is 0 Å². The Morgan fingerprint density at radius 3 is 2.41 bits per heavy atom. The topological polar surface area (TPSA) is 93.6 Å². The van der Waals surface area contributed by atoms with Crippen molar-refractivity contribution >= 4 is 11.4 Å². The van der Waals surface area contributed by atoms with E-state index in [1.54, 1.807) is 18.2 Å². The number of rotatable bonds is 3. The monoisotopic (exact) mass is 298 g/mol. The summed E-state index contributed by atoms with van der Waals surface area (Å²) in [6.07, 6.45) is 0. The largest absolute Gasteiger partial charge is 0.507 e. The maximum atomic E-state index is 12.8. The summed E-state index contributed by atoms with van der Waals surface area (Å²) in [7, 11) is 0. The molecule has 0 aliphatic carbocycles. The normalized spacial score (nSPS) is 11.1. The molecule has 0 saturated carbocycles. The van der Waals surface area contributed by atoms with Crippen LogP contribution in [0.1, 0.15) is 0 Å². The Kier molecular flexibility index (Phi) is 3.53. The van der Waals surface area contributed by atoms with E-state index < -0.39 is 5.56 Å². The molecule has 0 aliphatic rings. The van der Waals surface area contributed by atoms with Gasteiger partial charge in [-0.1, -0.05) is 12.1 Å². The molecule has 1 aromatic heterocycles. The molecule has 0 amide bonds. The van der Waals surface area contributed by atoms with Crippen molar-refractivity contribution in [2.45, 2.75) is 0 Å². The quantitative estimate of drug-likeness (QED) is 0.644. The van der Waals surface area contributed by atoms with Crippen LogP contribution >= 0.6 is 0 Å². The van der Waals surface area contributed by atoms with Gasteiger partial charge in [-0.25, -0.2) is 4.39 Å². The molecule has 6 nitrogen and oxygen atoms in total. The number of hydrogen-bond donors (Lipinski definition) is 3. The molecule has 0 aliphatic heterocycles. The van der Waals surface area contributed by atoms with E-state index in [0.717, 1.165) is 0 Å². The molecule has 0 bridgehead atoms. The number of aromatic hydroxyl groups is 1. The van der Waals surface area contributed by atoms with E-state index >= 15 is 0 Å². The summed E-state index contributed by atoms with van der Waals surface area (Å²) in [6.45, 7) is 0. The number of azo groups is 1. The molecule has 110 valence electrons. The lowest BCUT2D eigenvalue weighted by Gasteiger charge is -2.01. The third-order valence-electron chi connectivity index (χ3n) is 3.02. The van der Waals surface area contributed by atoms with Crippen LogP contribution in [0.2, 0.25) is 0 Å². The van der Waals surface area contributed by atoms with E-state index in [1.165, 1.54) is 30.3 Å². The zero-order valence-electron chi connectivity index (χ0n) is 11.2. The molecule has 0 atom stereocenters. The molecule has 2 aromatic carbocycles. The third kappa shape index (κ3) is 2.64. The van der Waals surface area contributed by atoms with Crippen LogP contribution in [0.5, 0.6) is 5.75 Å². The number of para-hydroxylation sites is 1. The molecule has 0 spiro atoms. The number of halogens is 1. The zero-order valence-corrected chi connectivity index (χ0v) is 11.2. The zero-order chi connectivity index (χ0) is 15.5. The standard InChI is InChI=1S/C15H11FN4O2/c16-9-5-7-10(8-6-9)17-19-14-13(18-20-15(14)22)11-3-1-2-4-12(11)21/h1-8,21H,(H2,18,20,22). The van der Waals surface area contributed by atoms with Crippen molar-refractivity contribution in [1.29, 1.82) is 0 Å². The molecule has 0 unspecified atom stereocenters. The van der Waals surface area contributed by atoms with Gasteiger partial charge in [0.25, 0.3) is 5.56 Å². The van der Waals surface area contributed by atoms with Gasteiger partial charge in [-0.05, 0) is 36.4 Å². The van der Waals surface area contributed by atoms with Gasteiger partial charge in [0.1, 0.15) is 11.6 Å². The number of aromatic amines is 2. The van der Waals surface area contributed by atoms with E-state index in [2.05, 4.69) is 20.4 Å². The van der Waals surface area contributed by atoms with Crippen molar-refractivity contribution < 1.29 is 9.50 Å². The Bertz CT molecular complexity index is 881. The van der Waals surface area contributed by atoms with E-state index in [4.69, 9.17) is 0 Å². The second kappa shape index (κ2) is 5.65. The van der Waals surface area contributed by atoms with Gasteiger partial charge < -0.3 is 5.11 Å². The van der Waals surface area contributed by atoms with Crippen LogP contribution in [0.4, 0.5) is 15.8 Å². The van der Waals surface area contributed by atoms with Gasteiger partial charge >= 0.3 is 0 Å². The molecule has 0 radical (unpaired) electrons. The van der Waals surface area contributed by atoms with E-state index in [0.29, 0.717) is 16.9 Å². The molecular formula is C15H11FN4O2. The molecule has 0 saturated heterocycles. The Hall–Kier alpha value is -3.22. The number of phenolic OH excluding ortho intramolecular Hbond substituents is 1. The minimum atomic E-state index is -0.468. The maximum Gasteiger partial charge on any atom is 0.292 e. The van der Waals surface area contributed by atoms with Crippen LogP contribution in [-0.4, -0.2) is 15.3 Å². The molecule has 22 heavy (non-hydrogen) atoms. The lowest BCUT2D eigenvalue weighted by Crippen LogP contribution is -1.96. The first kappa shape index (κ1) is 13.7. The van der Waals surface area contributed by atoms with Gasteiger partial charge in [0, 0.05) is 5.56 Å². The van der Waals surface area contributed by atoms with Crippen LogP contribution in [0.25, 0.3) is 11.3 Å². The number of nitrogens with one attached hydrogen (secondary N) is 2. The number of nitrogens with zero attached hydrogens (tertiary/aromatic N) is 2. The van der Waals surface area contributed by atoms with Gasteiger partial charge in [0.2, 0.25) is 0 Å². The molecule has 3 N–H and O–H groups in total. The lowest BCUT2D eigenvalue weighted by molar-refractivity contribution is 0.477. The maximum absolute atomic E-state index is 12.8. The highest BCUT2D eigenvalue weighted by Gasteiger charge is 2.14. The fourth-order valence-corrected chi connectivity index (χ4v) is 1.94. The highest BCUT2D eigenvalue weighted by atomic mass is 19.1. The molecule has 0 fully saturated rings. The predicted octanol–water partition coefficient (Wildman–Crippen LogP) is 3.63. The summed E-state index contributed by atoms with van der Waals surface area (Å²) in [5.41, 5.74) is 0.725. The minimum Gasteiger partial charge on any atom is -0.507 e. The number of phenols is 1. The van der Waals surface area contributed by atoms with Gasteiger partial charge in [0.05, 0.1) is 11.4 Å². The predicted molar refractivity (Wildman–Crippen MR) is 79.1 cm³/mol. The first-order valence-corrected chi connectivity index (χ1v) is 6.41. The average Bonchev–Trinajstić information content (AvgIpc) is 2.88. The number of aromatic nitrogens is 2. The summed E-state index contributed by atoms with van der Waals surface area (Å²) in [5.74, 6) is -0.371. The summed E-state index contributed by atoms with van der Waals surface area (Å²) >= 11 is 0. The van der Waals surface area contributed by atoms with Crippen LogP contribution < -0.4 is 5.56 Å². The average molecular weight is 298 g/mol. The van der Waals surface area contributed by atoms with E-state index in [9.17, 15) is 14.3 Å². The Morgan fingerprint density at radius 1 is 0.955 bits per heavy atom. The Morgan fingerprint density at radius 2 is 1.68 bits per heavy atom. The Balaban J connectivity index is 2.02.